The lowest BCUT2D eigenvalue weighted by Gasteiger charge is -2.11. The average molecular weight is 361 g/mol. The maximum atomic E-state index is 12.5. The van der Waals surface area contributed by atoms with Crippen molar-refractivity contribution < 1.29 is 13.5 Å². The van der Waals surface area contributed by atoms with E-state index in [0.29, 0.717) is 5.69 Å². The van der Waals surface area contributed by atoms with Gasteiger partial charge in [0.25, 0.3) is 6.43 Å². The molecule has 138 valence electrons. The summed E-state index contributed by atoms with van der Waals surface area (Å²) in [6.07, 6.45) is 4.45. The van der Waals surface area contributed by atoms with Crippen molar-refractivity contribution in [2.24, 2.45) is 22.8 Å². The van der Waals surface area contributed by atoms with E-state index in [1.807, 2.05) is 42.9 Å². The Kier molecular flexibility index (Phi) is 6.48. The van der Waals surface area contributed by atoms with Gasteiger partial charge in [-0.3, -0.25) is 0 Å². The largest absolute Gasteiger partial charge is 0.470 e. The predicted molar refractivity (Wildman–Crippen MR) is 97.4 cm³/mol. The van der Waals surface area contributed by atoms with Gasteiger partial charge in [0, 0.05) is 36.8 Å². The number of hydrogen-bond acceptors (Lipinski definition) is 4. The number of nitrogens with zero attached hydrogens (tertiary/aromatic N) is 3. The highest BCUT2D eigenvalue weighted by molar-refractivity contribution is 5.99. The van der Waals surface area contributed by atoms with Crippen LogP contribution < -0.4 is 11.2 Å². The second kappa shape index (κ2) is 8.80. The summed E-state index contributed by atoms with van der Waals surface area (Å²) >= 11 is 0. The highest BCUT2D eigenvalue weighted by Gasteiger charge is 2.16. The first-order chi connectivity index (χ1) is 12.4. The predicted octanol–water partition coefficient (Wildman–Crippen LogP) is 2.91. The van der Waals surface area contributed by atoms with Crippen LogP contribution in [0.2, 0.25) is 0 Å². The Balaban J connectivity index is 2.46. The van der Waals surface area contributed by atoms with Crippen LogP contribution in [0.4, 0.5) is 8.78 Å². The number of allylic oxidation sites excluding steroid dienone is 1. The summed E-state index contributed by atoms with van der Waals surface area (Å²) < 4.78 is 32.0. The van der Waals surface area contributed by atoms with Crippen LogP contribution >= 0.6 is 0 Å². The van der Waals surface area contributed by atoms with Crippen molar-refractivity contribution in [2.45, 2.75) is 13.3 Å². The highest BCUT2D eigenvalue weighted by Crippen LogP contribution is 2.23. The van der Waals surface area contributed by atoms with Crippen molar-refractivity contribution in [1.82, 2.24) is 9.55 Å². The molecule has 0 atom stereocenters. The molecule has 2 aromatic rings. The fraction of sp³-hybridized carbons (Fsp3) is 0.222. The van der Waals surface area contributed by atoms with Crippen LogP contribution in [-0.4, -0.2) is 28.5 Å². The van der Waals surface area contributed by atoms with Gasteiger partial charge in [0.15, 0.2) is 6.61 Å². The van der Waals surface area contributed by atoms with Crippen molar-refractivity contribution in [3.63, 3.8) is 0 Å². The molecule has 0 saturated carbocycles. The first kappa shape index (κ1) is 19.2. The van der Waals surface area contributed by atoms with Gasteiger partial charge in [-0.15, -0.1) is 0 Å². The number of ether oxygens (including phenoxy) is 1. The van der Waals surface area contributed by atoms with Crippen LogP contribution in [0.15, 0.2) is 65.3 Å². The zero-order chi connectivity index (χ0) is 19.1. The van der Waals surface area contributed by atoms with E-state index in [0.717, 1.165) is 16.6 Å². The molecule has 0 saturated heterocycles. The van der Waals surface area contributed by atoms with E-state index in [-0.39, 0.29) is 11.7 Å². The van der Waals surface area contributed by atoms with Crippen molar-refractivity contribution >= 4 is 5.90 Å². The van der Waals surface area contributed by atoms with E-state index in [2.05, 4.69) is 21.5 Å². The van der Waals surface area contributed by atoms with Crippen molar-refractivity contribution in [2.75, 3.05) is 6.61 Å². The normalized spacial score (nSPS) is 13.0. The van der Waals surface area contributed by atoms with Crippen LogP contribution in [0.1, 0.15) is 12.6 Å². The van der Waals surface area contributed by atoms with Gasteiger partial charge in [-0.05, 0) is 25.1 Å². The molecule has 3 N–H and O–H groups in total. The molecule has 2 rings (SSSR count). The number of aryl methyl sites for hydroxylation is 1. The molecular formula is C18H21F2N5O. The van der Waals surface area contributed by atoms with E-state index in [9.17, 15) is 8.78 Å². The number of rotatable bonds is 6. The van der Waals surface area contributed by atoms with Crippen LogP contribution in [0.5, 0.6) is 0 Å². The number of halogens is 2. The van der Waals surface area contributed by atoms with Gasteiger partial charge in [-0.2, -0.15) is 4.99 Å². The Hall–Kier alpha value is -3.16. The molecule has 0 bridgehead atoms. The number of H-pyrrole nitrogens is 1. The number of aromatic amines is 1. The number of aliphatic imine (C=N–C) groups is 1. The average Bonchev–Trinajstić information content (AvgIpc) is 3.06. The summed E-state index contributed by atoms with van der Waals surface area (Å²) in [5, 5.41) is 0. The summed E-state index contributed by atoms with van der Waals surface area (Å²) in [6, 6.07) is 5.52. The van der Waals surface area contributed by atoms with Gasteiger partial charge >= 0.3 is 0 Å². The molecule has 2 aromatic heterocycles. The second-order valence-electron chi connectivity index (χ2n) is 5.38. The van der Waals surface area contributed by atoms with E-state index >= 15 is 0 Å². The van der Waals surface area contributed by atoms with Gasteiger partial charge in [-0.1, -0.05) is 12.7 Å². The van der Waals surface area contributed by atoms with Crippen LogP contribution in [0.25, 0.3) is 11.1 Å². The topological polar surface area (TPSA) is 80.7 Å². The molecule has 0 amide bonds. The monoisotopic (exact) mass is 361 g/mol. The van der Waals surface area contributed by atoms with Crippen LogP contribution in [-0.2, 0) is 11.8 Å². The van der Waals surface area contributed by atoms with Crippen molar-refractivity contribution in [3.05, 3.63) is 66.5 Å². The second-order valence-corrected chi connectivity index (χ2v) is 5.38. The molecule has 2 heterocycles. The molecule has 0 unspecified atom stereocenters. The summed E-state index contributed by atoms with van der Waals surface area (Å²) in [4.78, 5) is 11.2. The molecule has 0 aliphatic carbocycles. The van der Waals surface area contributed by atoms with Gasteiger partial charge < -0.3 is 20.0 Å². The third-order valence-electron chi connectivity index (χ3n) is 3.33. The highest BCUT2D eigenvalue weighted by atomic mass is 19.3. The lowest BCUT2D eigenvalue weighted by Crippen LogP contribution is -2.17. The molecule has 0 spiro atoms. The third-order valence-corrected chi connectivity index (χ3v) is 3.33. The maximum absolute atomic E-state index is 12.5. The minimum Gasteiger partial charge on any atom is -0.470 e. The minimum atomic E-state index is -2.63. The summed E-state index contributed by atoms with van der Waals surface area (Å²) in [6.45, 7) is 4.57. The Morgan fingerprint density at radius 3 is 2.81 bits per heavy atom. The van der Waals surface area contributed by atoms with Gasteiger partial charge in [0.05, 0.1) is 0 Å². The zero-order valence-electron chi connectivity index (χ0n) is 14.6. The van der Waals surface area contributed by atoms with Crippen molar-refractivity contribution in [1.29, 1.82) is 0 Å². The lowest BCUT2D eigenvalue weighted by atomic mass is 10.1. The van der Waals surface area contributed by atoms with E-state index in [1.54, 1.807) is 18.5 Å². The molecule has 6 nitrogen and oxygen atoms in total. The molecule has 26 heavy (non-hydrogen) atoms. The summed E-state index contributed by atoms with van der Waals surface area (Å²) in [5.74, 6) is -0.0796. The van der Waals surface area contributed by atoms with E-state index in [1.165, 1.54) is 0 Å². The number of alkyl halides is 2. The van der Waals surface area contributed by atoms with E-state index in [4.69, 9.17) is 10.5 Å². The smallest absolute Gasteiger partial charge is 0.272 e. The summed E-state index contributed by atoms with van der Waals surface area (Å²) in [7, 11) is 1.86. The third kappa shape index (κ3) is 4.92. The first-order valence-corrected chi connectivity index (χ1v) is 7.86. The Labute approximate surface area is 150 Å². The van der Waals surface area contributed by atoms with E-state index < -0.39 is 13.0 Å². The SMILES string of the molecule is C=C(N)/N=C(/OCC(F)F)c1[nH]ccc1-c1ccc(=N/C=C\C)n(C)c1. The molecule has 0 radical (unpaired) electrons. The standard InChI is InChI=1S/C18H21F2N5O/c1-4-8-22-16-6-5-13(10-25(16)3)14-7-9-23-17(14)18(24-12(2)21)26-11-15(19)20/h4-10,15,23H,2,11,21H2,1,3H3/b8-4-,22-16?,24-18+. The molecule has 0 fully saturated rings. The van der Waals surface area contributed by atoms with Crippen LogP contribution in [0.3, 0.4) is 0 Å². The quantitative estimate of drug-likeness (QED) is 0.613. The van der Waals surface area contributed by atoms with Crippen LogP contribution in [0, 0.1) is 0 Å². The number of pyridine rings is 1. The van der Waals surface area contributed by atoms with Gasteiger partial charge in [0.1, 0.15) is 17.0 Å². The summed E-state index contributed by atoms with van der Waals surface area (Å²) in [5.41, 5.74) is 8.27. The molecule has 8 heteroatoms. The number of nitrogens with one attached hydrogen (secondary N) is 1. The number of hydrogen-bond donors (Lipinski definition) is 2. The molecule has 0 aromatic carbocycles. The molecule has 0 aliphatic heterocycles. The fourth-order valence-electron chi connectivity index (χ4n) is 2.26. The van der Waals surface area contributed by atoms with Gasteiger partial charge in [0.2, 0.25) is 5.90 Å². The molecular weight excluding hydrogens is 340 g/mol. The number of nitrogens with two attached hydrogens (primary N) is 1. The van der Waals surface area contributed by atoms with Gasteiger partial charge in [-0.25, -0.2) is 13.8 Å². The Morgan fingerprint density at radius 2 is 2.19 bits per heavy atom. The first-order valence-electron chi connectivity index (χ1n) is 7.86. The zero-order valence-corrected chi connectivity index (χ0v) is 14.6. The Bertz CT molecular complexity index is 893. The minimum absolute atomic E-state index is 0.0388. The fourth-order valence-corrected chi connectivity index (χ4v) is 2.26. The number of aromatic nitrogens is 2. The maximum Gasteiger partial charge on any atom is 0.272 e. The van der Waals surface area contributed by atoms with Crippen molar-refractivity contribution in [3.8, 4) is 11.1 Å². The Morgan fingerprint density at radius 1 is 1.42 bits per heavy atom. The lowest BCUT2D eigenvalue weighted by molar-refractivity contribution is 0.0765. The molecule has 0 aliphatic rings.